The van der Waals surface area contributed by atoms with E-state index in [9.17, 15) is 0 Å². The fraction of sp³-hybridized carbons (Fsp3) is 0.400. The Morgan fingerprint density at radius 2 is 1.67 bits per heavy atom. The zero-order valence-electron chi connectivity index (χ0n) is 7.22. The lowest BCUT2D eigenvalue weighted by molar-refractivity contribution is 0.962. The number of rotatable bonds is 2. The lowest BCUT2D eigenvalue weighted by Crippen LogP contribution is -2.06. The summed E-state index contributed by atoms with van der Waals surface area (Å²) in [4.78, 5) is 2.89. The molecule has 0 atom stereocenters. The molecule has 1 aliphatic carbocycles. The van der Waals surface area contributed by atoms with Gasteiger partial charge in [-0.15, -0.1) is 0 Å². The summed E-state index contributed by atoms with van der Waals surface area (Å²) in [7, 11) is 3.18. The largest absolute Gasteiger partial charge is 0.337 e. The standard InChI is InChI=1S/C7H8NSi.C3H6/c9-8-6-7-4-2-1-3-5-7;1-2-3-1/h1-5,8H,6H2;1-3H2. The Bertz CT molecular complexity index is 193. The fourth-order valence-electron chi connectivity index (χ4n) is 0.698. The van der Waals surface area contributed by atoms with Crippen molar-refractivity contribution in [2.45, 2.75) is 25.8 Å². The topological polar surface area (TPSA) is 12.0 Å². The van der Waals surface area contributed by atoms with E-state index in [0.29, 0.717) is 0 Å². The van der Waals surface area contributed by atoms with Crippen LogP contribution in [-0.4, -0.2) is 10.4 Å². The van der Waals surface area contributed by atoms with E-state index in [1.807, 2.05) is 18.2 Å². The second-order valence-corrected chi connectivity index (χ2v) is 3.25. The van der Waals surface area contributed by atoms with Crippen molar-refractivity contribution in [3.8, 4) is 0 Å². The van der Waals surface area contributed by atoms with E-state index in [4.69, 9.17) is 0 Å². The summed E-state index contributed by atoms with van der Waals surface area (Å²) in [6, 6.07) is 10.2. The molecule has 3 radical (unpaired) electrons. The summed E-state index contributed by atoms with van der Waals surface area (Å²) in [6.45, 7) is 0.873. The maximum absolute atomic E-state index is 3.18. The third-order valence-corrected chi connectivity index (χ3v) is 1.67. The molecule has 1 saturated carbocycles. The zero-order chi connectivity index (χ0) is 8.65. The van der Waals surface area contributed by atoms with Gasteiger partial charge in [-0.1, -0.05) is 49.6 Å². The molecule has 2 rings (SSSR count). The van der Waals surface area contributed by atoms with Gasteiger partial charge in [-0.2, -0.15) is 0 Å². The number of hydrogen-bond acceptors (Lipinski definition) is 1. The van der Waals surface area contributed by atoms with Gasteiger partial charge in [-0.3, -0.25) is 0 Å². The van der Waals surface area contributed by atoms with Crippen molar-refractivity contribution >= 4 is 10.4 Å². The van der Waals surface area contributed by atoms with Crippen LogP contribution in [0.3, 0.4) is 0 Å². The molecule has 63 valence electrons. The molecule has 0 bridgehead atoms. The summed E-state index contributed by atoms with van der Waals surface area (Å²) < 4.78 is 0. The van der Waals surface area contributed by atoms with Crippen LogP contribution < -0.4 is 4.98 Å². The Morgan fingerprint density at radius 3 is 2.08 bits per heavy atom. The highest BCUT2D eigenvalue weighted by molar-refractivity contribution is 6.04. The van der Waals surface area contributed by atoms with Crippen molar-refractivity contribution in [1.29, 1.82) is 0 Å². The first-order valence-corrected chi connectivity index (χ1v) is 4.87. The molecule has 0 spiro atoms. The van der Waals surface area contributed by atoms with Gasteiger partial charge in [0.2, 0.25) is 0 Å². The molecule has 1 fully saturated rings. The van der Waals surface area contributed by atoms with Crippen molar-refractivity contribution in [3.63, 3.8) is 0 Å². The second kappa shape index (κ2) is 5.97. The molecule has 1 aromatic carbocycles. The molecule has 2 heteroatoms. The van der Waals surface area contributed by atoms with Crippen LogP contribution in [0.15, 0.2) is 30.3 Å². The molecular formula is C10H14NSi. The van der Waals surface area contributed by atoms with Gasteiger partial charge in [0.15, 0.2) is 0 Å². The van der Waals surface area contributed by atoms with Gasteiger partial charge in [0.1, 0.15) is 10.4 Å². The van der Waals surface area contributed by atoms with Crippen molar-refractivity contribution in [2.75, 3.05) is 0 Å². The Kier molecular flexibility index (Phi) is 4.72. The summed E-state index contributed by atoms with van der Waals surface area (Å²) in [5.41, 5.74) is 1.28. The minimum Gasteiger partial charge on any atom is -0.337 e. The fourth-order valence-corrected chi connectivity index (χ4v) is 0.902. The van der Waals surface area contributed by atoms with E-state index in [-0.39, 0.29) is 0 Å². The Labute approximate surface area is 77.7 Å². The van der Waals surface area contributed by atoms with Crippen LogP contribution >= 0.6 is 0 Å². The highest BCUT2D eigenvalue weighted by Crippen LogP contribution is 2.14. The van der Waals surface area contributed by atoms with E-state index >= 15 is 0 Å². The predicted octanol–water partition coefficient (Wildman–Crippen LogP) is 2.03. The maximum atomic E-state index is 3.18. The monoisotopic (exact) mass is 176 g/mol. The molecule has 0 unspecified atom stereocenters. The van der Waals surface area contributed by atoms with E-state index in [2.05, 4.69) is 27.5 Å². The molecule has 0 amide bonds. The third-order valence-electron chi connectivity index (χ3n) is 1.49. The molecule has 0 aliphatic heterocycles. The van der Waals surface area contributed by atoms with Crippen molar-refractivity contribution in [1.82, 2.24) is 4.98 Å². The van der Waals surface area contributed by atoms with Gasteiger partial charge in [-0.25, -0.2) is 0 Å². The van der Waals surface area contributed by atoms with Crippen LogP contribution in [-0.2, 0) is 6.54 Å². The van der Waals surface area contributed by atoms with Gasteiger partial charge in [-0.05, 0) is 5.56 Å². The normalized spacial score (nSPS) is 13.1. The van der Waals surface area contributed by atoms with Crippen LogP contribution in [0.4, 0.5) is 0 Å². The zero-order valence-corrected chi connectivity index (χ0v) is 8.22. The third kappa shape index (κ3) is 5.10. The van der Waals surface area contributed by atoms with Crippen LogP contribution in [0, 0.1) is 0 Å². The molecule has 1 aromatic rings. The number of benzene rings is 1. The number of nitrogens with one attached hydrogen (secondary N) is 1. The van der Waals surface area contributed by atoms with Crippen molar-refractivity contribution in [3.05, 3.63) is 35.9 Å². The van der Waals surface area contributed by atoms with Crippen LogP contribution in [0.1, 0.15) is 24.8 Å². The minimum atomic E-state index is 0.873. The molecule has 12 heavy (non-hydrogen) atoms. The summed E-state index contributed by atoms with van der Waals surface area (Å²) in [5.74, 6) is 0. The van der Waals surface area contributed by atoms with Crippen molar-refractivity contribution < 1.29 is 0 Å². The van der Waals surface area contributed by atoms with Crippen LogP contribution in [0.2, 0.25) is 0 Å². The van der Waals surface area contributed by atoms with Crippen LogP contribution in [0.5, 0.6) is 0 Å². The van der Waals surface area contributed by atoms with Crippen molar-refractivity contribution in [2.24, 2.45) is 0 Å². The molecule has 1 N–H and O–H groups in total. The van der Waals surface area contributed by atoms with E-state index in [1.54, 1.807) is 0 Å². The highest BCUT2D eigenvalue weighted by Gasteiger charge is 1.95. The van der Waals surface area contributed by atoms with E-state index < -0.39 is 0 Å². The smallest absolute Gasteiger partial charge is 0.140 e. The molecular weight excluding hydrogens is 162 g/mol. The first kappa shape index (κ1) is 9.48. The van der Waals surface area contributed by atoms with Gasteiger partial charge < -0.3 is 4.98 Å². The van der Waals surface area contributed by atoms with Gasteiger partial charge >= 0.3 is 0 Å². The van der Waals surface area contributed by atoms with Gasteiger partial charge in [0.05, 0.1) is 0 Å². The first-order valence-electron chi connectivity index (χ1n) is 4.37. The Hall–Kier alpha value is -0.603. The Balaban J connectivity index is 0.000000200. The van der Waals surface area contributed by atoms with Gasteiger partial charge in [0, 0.05) is 6.54 Å². The molecule has 1 aliphatic rings. The van der Waals surface area contributed by atoms with Crippen LogP contribution in [0.25, 0.3) is 0 Å². The molecule has 0 saturated heterocycles. The SMILES string of the molecule is C1CC1.[Si]NCc1ccccc1. The highest BCUT2D eigenvalue weighted by atomic mass is 28.2. The lowest BCUT2D eigenvalue weighted by atomic mass is 10.2. The molecule has 0 heterocycles. The van der Waals surface area contributed by atoms with E-state index in [0.717, 1.165) is 6.54 Å². The quantitative estimate of drug-likeness (QED) is 0.680. The Morgan fingerprint density at radius 1 is 1.08 bits per heavy atom. The predicted molar refractivity (Wildman–Crippen MR) is 52.9 cm³/mol. The molecule has 1 nitrogen and oxygen atoms in total. The summed E-state index contributed by atoms with van der Waals surface area (Å²) in [6.07, 6.45) is 4.50. The summed E-state index contributed by atoms with van der Waals surface area (Å²) in [5, 5.41) is 0. The summed E-state index contributed by atoms with van der Waals surface area (Å²) >= 11 is 0. The second-order valence-electron chi connectivity index (χ2n) is 2.90. The molecule has 0 aromatic heterocycles. The first-order chi connectivity index (χ1) is 5.93. The lowest BCUT2D eigenvalue weighted by Gasteiger charge is -1.95. The maximum Gasteiger partial charge on any atom is 0.140 e. The average molecular weight is 176 g/mol. The van der Waals surface area contributed by atoms with E-state index in [1.165, 1.54) is 24.8 Å². The van der Waals surface area contributed by atoms with Gasteiger partial charge in [0.25, 0.3) is 0 Å². The minimum absolute atomic E-state index is 0.873. The number of hydrogen-bond donors (Lipinski definition) is 1. The average Bonchev–Trinajstić information content (AvgIpc) is 2.93.